The molecule has 0 atom stereocenters. The molecule has 110 valence electrons. The molecule has 3 aromatic rings. The first-order valence-electron chi connectivity index (χ1n) is 7.16. The van der Waals surface area contributed by atoms with Crippen molar-refractivity contribution in [1.82, 2.24) is 0 Å². The number of ether oxygens (including phenoxy) is 2. The monoisotopic (exact) mass is 293 g/mol. The van der Waals surface area contributed by atoms with Crippen LogP contribution in [0.1, 0.15) is 5.76 Å². The summed E-state index contributed by atoms with van der Waals surface area (Å²) >= 11 is 0. The van der Waals surface area contributed by atoms with Gasteiger partial charge in [0.2, 0.25) is 6.79 Å². The van der Waals surface area contributed by atoms with Gasteiger partial charge in [0.25, 0.3) is 0 Å². The molecule has 0 unspecified atom stereocenters. The molecule has 1 aliphatic heterocycles. The van der Waals surface area contributed by atoms with Gasteiger partial charge in [0.1, 0.15) is 11.5 Å². The summed E-state index contributed by atoms with van der Waals surface area (Å²) in [6, 6.07) is 19.9. The van der Waals surface area contributed by atoms with Crippen molar-refractivity contribution in [2.45, 2.75) is 6.54 Å². The third-order valence-corrected chi connectivity index (χ3v) is 3.56. The molecule has 0 saturated heterocycles. The van der Waals surface area contributed by atoms with Gasteiger partial charge in [-0.15, -0.1) is 0 Å². The molecule has 4 nitrogen and oxygen atoms in total. The standard InChI is InChI=1S/C18H15NO3/c1-2-4-13(5-3-1)16-9-7-15(22-16)11-19-14-6-8-17-18(10-14)21-12-20-17/h1-10,19H,11-12H2. The fourth-order valence-electron chi connectivity index (χ4n) is 2.43. The molecule has 4 rings (SSSR count). The second-order valence-corrected chi connectivity index (χ2v) is 5.05. The van der Waals surface area contributed by atoms with Crippen LogP contribution in [-0.2, 0) is 6.54 Å². The second-order valence-electron chi connectivity index (χ2n) is 5.05. The number of anilines is 1. The predicted molar refractivity (Wildman–Crippen MR) is 84.0 cm³/mol. The molecule has 2 aromatic carbocycles. The molecule has 0 fully saturated rings. The Kier molecular flexibility index (Phi) is 3.20. The van der Waals surface area contributed by atoms with Crippen LogP contribution in [-0.4, -0.2) is 6.79 Å². The molecule has 4 heteroatoms. The maximum absolute atomic E-state index is 5.87. The van der Waals surface area contributed by atoms with Crippen LogP contribution in [0.5, 0.6) is 11.5 Å². The maximum Gasteiger partial charge on any atom is 0.231 e. The highest BCUT2D eigenvalue weighted by molar-refractivity contribution is 5.58. The lowest BCUT2D eigenvalue weighted by atomic mass is 10.2. The van der Waals surface area contributed by atoms with Crippen molar-refractivity contribution in [3.63, 3.8) is 0 Å². The van der Waals surface area contributed by atoms with Gasteiger partial charge in [0.15, 0.2) is 11.5 Å². The summed E-state index contributed by atoms with van der Waals surface area (Å²) in [4.78, 5) is 0. The van der Waals surface area contributed by atoms with Gasteiger partial charge in [-0.1, -0.05) is 30.3 Å². The summed E-state index contributed by atoms with van der Waals surface area (Å²) in [5.41, 5.74) is 2.05. The Morgan fingerprint density at radius 2 is 1.73 bits per heavy atom. The normalized spacial score (nSPS) is 12.4. The fraction of sp³-hybridized carbons (Fsp3) is 0.111. The van der Waals surface area contributed by atoms with E-state index in [2.05, 4.69) is 5.32 Å². The van der Waals surface area contributed by atoms with E-state index in [4.69, 9.17) is 13.9 Å². The van der Waals surface area contributed by atoms with Crippen molar-refractivity contribution in [3.05, 3.63) is 66.4 Å². The van der Waals surface area contributed by atoms with E-state index in [-0.39, 0.29) is 6.79 Å². The van der Waals surface area contributed by atoms with Crippen LogP contribution in [0.3, 0.4) is 0 Å². The minimum atomic E-state index is 0.289. The average Bonchev–Trinajstić information content (AvgIpc) is 3.22. The number of rotatable bonds is 4. The Labute approximate surface area is 128 Å². The van der Waals surface area contributed by atoms with E-state index >= 15 is 0 Å². The van der Waals surface area contributed by atoms with Gasteiger partial charge >= 0.3 is 0 Å². The van der Waals surface area contributed by atoms with Crippen LogP contribution in [0.2, 0.25) is 0 Å². The molecular formula is C18H15NO3. The molecule has 0 saturated carbocycles. The van der Waals surface area contributed by atoms with Crippen molar-refractivity contribution in [2.24, 2.45) is 0 Å². The number of furan rings is 1. The number of benzene rings is 2. The van der Waals surface area contributed by atoms with Gasteiger partial charge < -0.3 is 19.2 Å². The molecular weight excluding hydrogens is 278 g/mol. The molecule has 1 aliphatic rings. The van der Waals surface area contributed by atoms with Crippen molar-refractivity contribution in [2.75, 3.05) is 12.1 Å². The molecule has 1 N–H and O–H groups in total. The molecule has 1 aromatic heterocycles. The van der Waals surface area contributed by atoms with Crippen molar-refractivity contribution < 1.29 is 13.9 Å². The molecule has 0 radical (unpaired) electrons. The number of fused-ring (bicyclic) bond motifs is 1. The van der Waals surface area contributed by atoms with E-state index < -0.39 is 0 Å². The summed E-state index contributed by atoms with van der Waals surface area (Å²) in [6.07, 6.45) is 0. The molecule has 0 spiro atoms. The maximum atomic E-state index is 5.87. The first-order chi connectivity index (χ1) is 10.9. The zero-order valence-electron chi connectivity index (χ0n) is 11.9. The highest BCUT2D eigenvalue weighted by Crippen LogP contribution is 2.34. The van der Waals surface area contributed by atoms with Crippen LogP contribution in [0, 0.1) is 0 Å². The minimum absolute atomic E-state index is 0.289. The Morgan fingerprint density at radius 3 is 2.64 bits per heavy atom. The van der Waals surface area contributed by atoms with E-state index in [0.717, 1.165) is 34.3 Å². The van der Waals surface area contributed by atoms with E-state index in [9.17, 15) is 0 Å². The first-order valence-corrected chi connectivity index (χ1v) is 7.16. The molecule has 0 aliphatic carbocycles. The van der Waals surface area contributed by atoms with Crippen molar-refractivity contribution >= 4 is 5.69 Å². The van der Waals surface area contributed by atoms with E-state index in [1.807, 2.05) is 60.7 Å². The third kappa shape index (κ3) is 2.51. The number of hydrogen-bond acceptors (Lipinski definition) is 4. The molecule has 2 heterocycles. The highest BCUT2D eigenvalue weighted by Gasteiger charge is 2.13. The summed E-state index contributed by atoms with van der Waals surface area (Å²) < 4.78 is 16.5. The quantitative estimate of drug-likeness (QED) is 0.779. The van der Waals surface area contributed by atoms with Gasteiger partial charge in [-0.05, 0) is 24.3 Å². The third-order valence-electron chi connectivity index (χ3n) is 3.56. The Bertz CT molecular complexity index is 780. The van der Waals surface area contributed by atoms with Crippen LogP contribution < -0.4 is 14.8 Å². The number of nitrogens with one attached hydrogen (secondary N) is 1. The topological polar surface area (TPSA) is 43.6 Å². The smallest absolute Gasteiger partial charge is 0.231 e. The lowest BCUT2D eigenvalue weighted by Crippen LogP contribution is -1.97. The van der Waals surface area contributed by atoms with Crippen molar-refractivity contribution in [1.29, 1.82) is 0 Å². The summed E-state index contributed by atoms with van der Waals surface area (Å²) in [5, 5.41) is 3.33. The molecule has 22 heavy (non-hydrogen) atoms. The van der Waals surface area contributed by atoms with E-state index in [1.54, 1.807) is 0 Å². The largest absolute Gasteiger partial charge is 0.459 e. The minimum Gasteiger partial charge on any atom is -0.459 e. The fourth-order valence-corrected chi connectivity index (χ4v) is 2.43. The lowest BCUT2D eigenvalue weighted by Gasteiger charge is -2.05. The summed E-state index contributed by atoms with van der Waals surface area (Å²) in [7, 11) is 0. The van der Waals surface area contributed by atoms with Gasteiger partial charge in [-0.25, -0.2) is 0 Å². The SMILES string of the molecule is c1ccc(-c2ccc(CNc3ccc4c(c3)OCO4)o2)cc1. The summed E-state index contributed by atoms with van der Waals surface area (Å²) in [5.74, 6) is 3.32. The highest BCUT2D eigenvalue weighted by atomic mass is 16.7. The Morgan fingerprint density at radius 1 is 0.864 bits per heavy atom. The van der Waals surface area contributed by atoms with E-state index in [0.29, 0.717) is 6.54 Å². The second kappa shape index (κ2) is 5.48. The average molecular weight is 293 g/mol. The Hall–Kier alpha value is -2.88. The van der Waals surface area contributed by atoms with Gasteiger partial charge in [0.05, 0.1) is 6.54 Å². The predicted octanol–water partition coefficient (Wildman–Crippen LogP) is 4.29. The van der Waals surface area contributed by atoms with Crippen molar-refractivity contribution in [3.8, 4) is 22.8 Å². The molecule has 0 amide bonds. The first kappa shape index (κ1) is 12.8. The van der Waals surface area contributed by atoms with Gasteiger partial charge in [-0.2, -0.15) is 0 Å². The van der Waals surface area contributed by atoms with E-state index in [1.165, 1.54) is 0 Å². The van der Waals surface area contributed by atoms with Crippen LogP contribution >= 0.6 is 0 Å². The van der Waals surface area contributed by atoms with Gasteiger partial charge in [0, 0.05) is 17.3 Å². The summed E-state index contributed by atoms with van der Waals surface area (Å²) in [6.45, 7) is 0.907. The lowest BCUT2D eigenvalue weighted by molar-refractivity contribution is 0.174. The van der Waals surface area contributed by atoms with Crippen LogP contribution in [0.25, 0.3) is 11.3 Å². The van der Waals surface area contributed by atoms with Crippen LogP contribution in [0.15, 0.2) is 65.1 Å². The van der Waals surface area contributed by atoms with Gasteiger partial charge in [-0.3, -0.25) is 0 Å². The number of hydrogen-bond donors (Lipinski definition) is 1. The zero-order chi connectivity index (χ0) is 14.8. The Balaban J connectivity index is 1.45. The molecule has 0 bridgehead atoms. The zero-order valence-corrected chi connectivity index (χ0v) is 11.9. The van der Waals surface area contributed by atoms with Crippen LogP contribution in [0.4, 0.5) is 5.69 Å².